The van der Waals surface area contributed by atoms with E-state index in [1.807, 2.05) is 50.3 Å². The monoisotopic (exact) mass is 275 g/mol. The molecule has 0 aliphatic carbocycles. The van der Waals surface area contributed by atoms with Gasteiger partial charge in [0.05, 0.1) is 0 Å². The molecule has 4 heteroatoms. The maximum absolute atomic E-state index is 11.6. The molecule has 0 fully saturated rings. The van der Waals surface area contributed by atoms with E-state index in [-0.39, 0.29) is 18.2 Å². The molecule has 0 unspecified atom stereocenters. The van der Waals surface area contributed by atoms with Crippen LogP contribution in [0.4, 0.5) is 0 Å². The molecule has 20 heavy (non-hydrogen) atoms. The van der Waals surface area contributed by atoms with Gasteiger partial charge in [0.15, 0.2) is 0 Å². The van der Waals surface area contributed by atoms with Crippen molar-refractivity contribution in [2.24, 2.45) is 5.92 Å². The molecule has 0 spiro atoms. The highest BCUT2D eigenvalue weighted by molar-refractivity contribution is 5.83. The first-order valence-corrected chi connectivity index (χ1v) is 6.72. The quantitative estimate of drug-likeness (QED) is 0.804. The highest BCUT2D eigenvalue weighted by Gasteiger charge is 2.18. The smallest absolute Gasteiger partial charge is 0.326 e. The van der Waals surface area contributed by atoms with E-state index >= 15 is 0 Å². The van der Waals surface area contributed by atoms with Crippen molar-refractivity contribution >= 4 is 18.0 Å². The van der Waals surface area contributed by atoms with Crippen LogP contribution in [-0.2, 0) is 9.59 Å². The molecule has 1 aromatic carbocycles. The first kappa shape index (κ1) is 16.0. The van der Waals surface area contributed by atoms with Crippen molar-refractivity contribution in [2.75, 3.05) is 0 Å². The van der Waals surface area contributed by atoms with Crippen molar-refractivity contribution < 1.29 is 14.7 Å². The summed E-state index contributed by atoms with van der Waals surface area (Å²) in [4.78, 5) is 22.7. The molecule has 1 amide bonds. The Morgan fingerprint density at radius 3 is 2.45 bits per heavy atom. The van der Waals surface area contributed by atoms with E-state index in [1.165, 1.54) is 0 Å². The van der Waals surface area contributed by atoms with Gasteiger partial charge in [0.25, 0.3) is 0 Å². The van der Waals surface area contributed by atoms with Gasteiger partial charge in [-0.25, -0.2) is 4.79 Å². The van der Waals surface area contributed by atoms with E-state index in [0.29, 0.717) is 6.42 Å². The number of aliphatic carboxylic acids is 1. The summed E-state index contributed by atoms with van der Waals surface area (Å²) in [7, 11) is 0. The highest BCUT2D eigenvalue weighted by atomic mass is 16.4. The Labute approximate surface area is 119 Å². The maximum Gasteiger partial charge on any atom is 0.326 e. The number of carbonyl (C=O) groups excluding carboxylic acids is 1. The van der Waals surface area contributed by atoms with Crippen molar-refractivity contribution in [1.29, 1.82) is 0 Å². The maximum atomic E-state index is 11.6. The van der Waals surface area contributed by atoms with Crippen LogP contribution in [0.3, 0.4) is 0 Å². The number of carboxylic acid groups (broad SMARTS) is 1. The molecule has 0 aliphatic rings. The zero-order valence-electron chi connectivity index (χ0n) is 11.9. The van der Waals surface area contributed by atoms with Crippen LogP contribution in [0.1, 0.15) is 32.3 Å². The number of carboxylic acids is 1. The van der Waals surface area contributed by atoms with Crippen molar-refractivity contribution in [2.45, 2.75) is 32.7 Å². The second-order valence-corrected chi connectivity index (χ2v) is 5.11. The van der Waals surface area contributed by atoms with Gasteiger partial charge in [-0.2, -0.15) is 0 Å². The standard InChI is InChI=1S/C16H21NO3/c1-12(2)11-15(18)17-14(16(19)20)10-6-9-13-7-4-3-5-8-13/h3-9,12,14H,10-11H2,1-2H3,(H,17,18)(H,19,20)/b9-6+/t14-/m1/s1. The number of hydrogen-bond acceptors (Lipinski definition) is 2. The van der Waals surface area contributed by atoms with Gasteiger partial charge in [-0.1, -0.05) is 56.3 Å². The predicted molar refractivity (Wildman–Crippen MR) is 79.1 cm³/mol. The molecule has 0 aromatic heterocycles. The Balaban J connectivity index is 2.53. The first-order valence-electron chi connectivity index (χ1n) is 6.72. The first-order chi connectivity index (χ1) is 9.49. The number of hydrogen-bond donors (Lipinski definition) is 2. The van der Waals surface area contributed by atoms with E-state index in [4.69, 9.17) is 5.11 Å². The lowest BCUT2D eigenvalue weighted by molar-refractivity contribution is -0.141. The molecule has 108 valence electrons. The summed E-state index contributed by atoms with van der Waals surface area (Å²) in [6.45, 7) is 3.84. The van der Waals surface area contributed by atoms with Gasteiger partial charge in [0.1, 0.15) is 6.04 Å². The van der Waals surface area contributed by atoms with Crippen LogP contribution in [0.15, 0.2) is 36.4 Å². The third-order valence-electron chi connectivity index (χ3n) is 2.71. The zero-order chi connectivity index (χ0) is 15.0. The van der Waals surface area contributed by atoms with Crippen LogP contribution in [-0.4, -0.2) is 23.0 Å². The lowest BCUT2D eigenvalue weighted by Crippen LogP contribution is -2.40. The van der Waals surface area contributed by atoms with Crippen LogP contribution in [0, 0.1) is 5.92 Å². The van der Waals surface area contributed by atoms with E-state index < -0.39 is 12.0 Å². The van der Waals surface area contributed by atoms with E-state index in [1.54, 1.807) is 6.08 Å². The highest BCUT2D eigenvalue weighted by Crippen LogP contribution is 2.05. The Morgan fingerprint density at radius 2 is 1.90 bits per heavy atom. The molecule has 0 aliphatic heterocycles. The van der Waals surface area contributed by atoms with Gasteiger partial charge in [-0.3, -0.25) is 4.79 Å². The molecule has 1 atom stereocenters. The Hall–Kier alpha value is -2.10. The fraction of sp³-hybridized carbons (Fsp3) is 0.375. The second kappa shape index (κ2) is 8.15. The Morgan fingerprint density at radius 1 is 1.25 bits per heavy atom. The molecular weight excluding hydrogens is 254 g/mol. The summed E-state index contributed by atoms with van der Waals surface area (Å²) in [5.41, 5.74) is 1.00. The molecule has 0 bridgehead atoms. The van der Waals surface area contributed by atoms with Crippen LogP contribution in [0.2, 0.25) is 0 Å². The molecule has 1 rings (SSSR count). The summed E-state index contributed by atoms with van der Waals surface area (Å²) < 4.78 is 0. The fourth-order valence-corrected chi connectivity index (χ4v) is 1.75. The number of nitrogens with one attached hydrogen (secondary N) is 1. The second-order valence-electron chi connectivity index (χ2n) is 5.11. The predicted octanol–water partition coefficient (Wildman–Crippen LogP) is 2.71. The molecule has 1 aromatic rings. The summed E-state index contributed by atoms with van der Waals surface area (Å²) in [6.07, 6.45) is 4.23. The topological polar surface area (TPSA) is 66.4 Å². The van der Waals surface area contributed by atoms with Crippen LogP contribution in [0.25, 0.3) is 6.08 Å². The molecule has 0 saturated heterocycles. The third kappa shape index (κ3) is 6.18. The number of carbonyl (C=O) groups is 2. The fourth-order valence-electron chi connectivity index (χ4n) is 1.75. The minimum absolute atomic E-state index is 0.212. The Kier molecular flexibility index (Phi) is 6.50. The number of benzene rings is 1. The normalized spacial score (nSPS) is 12.6. The number of rotatable bonds is 7. The van der Waals surface area contributed by atoms with Gasteiger partial charge in [0.2, 0.25) is 5.91 Å². The van der Waals surface area contributed by atoms with Gasteiger partial charge in [0, 0.05) is 6.42 Å². The largest absolute Gasteiger partial charge is 0.480 e. The van der Waals surface area contributed by atoms with Crippen molar-refractivity contribution in [3.05, 3.63) is 42.0 Å². The average Bonchev–Trinajstić information content (AvgIpc) is 2.37. The molecule has 2 N–H and O–H groups in total. The summed E-state index contributed by atoms with van der Waals surface area (Å²) >= 11 is 0. The number of amides is 1. The van der Waals surface area contributed by atoms with Crippen LogP contribution >= 0.6 is 0 Å². The lowest BCUT2D eigenvalue weighted by atomic mass is 10.1. The molecule has 4 nitrogen and oxygen atoms in total. The van der Waals surface area contributed by atoms with E-state index in [2.05, 4.69) is 5.32 Å². The molecule has 0 saturated carbocycles. The minimum atomic E-state index is -1.01. The van der Waals surface area contributed by atoms with Gasteiger partial charge >= 0.3 is 5.97 Å². The van der Waals surface area contributed by atoms with E-state index in [9.17, 15) is 9.59 Å². The van der Waals surface area contributed by atoms with Crippen molar-refractivity contribution in [3.63, 3.8) is 0 Å². The van der Waals surface area contributed by atoms with E-state index in [0.717, 1.165) is 5.56 Å². The SMILES string of the molecule is CC(C)CC(=O)N[C@H](C/C=C/c1ccccc1)C(=O)O. The summed E-state index contributed by atoms with van der Waals surface area (Å²) in [5.74, 6) is -1.02. The molecular formula is C16H21NO3. The van der Waals surface area contributed by atoms with Gasteiger partial charge in [-0.05, 0) is 17.9 Å². The summed E-state index contributed by atoms with van der Waals surface area (Å²) in [6, 6.07) is 8.75. The molecule has 0 radical (unpaired) electrons. The van der Waals surface area contributed by atoms with Gasteiger partial charge < -0.3 is 10.4 Å². The van der Waals surface area contributed by atoms with Crippen molar-refractivity contribution in [3.8, 4) is 0 Å². The lowest BCUT2D eigenvalue weighted by Gasteiger charge is -2.13. The Bertz CT molecular complexity index is 466. The summed E-state index contributed by atoms with van der Waals surface area (Å²) in [5, 5.41) is 11.6. The van der Waals surface area contributed by atoms with Crippen LogP contribution in [0.5, 0.6) is 0 Å². The minimum Gasteiger partial charge on any atom is -0.480 e. The van der Waals surface area contributed by atoms with Crippen LogP contribution < -0.4 is 5.32 Å². The zero-order valence-corrected chi connectivity index (χ0v) is 11.9. The average molecular weight is 275 g/mol. The third-order valence-corrected chi connectivity index (χ3v) is 2.71. The molecule has 0 heterocycles. The van der Waals surface area contributed by atoms with Crippen molar-refractivity contribution in [1.82, 2.24) is 5.32 Å². The van der Waals surface area contributed by atoms with Gasteiger partial charge in [-0.15, -0.1) is 0 Å².